The Labute approximate surface area is 281 Å². The van der Waals surface area contributed by atoms with Crippen LogP contribution in [0.4, 0.5) is 0 Å². The van der Waals surface area contributed by atoms with Crippen LogP contribution in [0.15, 0.2) is 156 Å². The molecule has 0 saturated carbocycles. The largest absolute Gasteiger partial charge is 0.436 e. The molecule has 0 N–H and O–H groups in total. The number of rotatable bonds is 5. The van der Waals surface area contributed by atoms with Gasteiger partial charge in [0.1, 0.15) is 14.3 Å². The molecular weight excluding hydrogens is 669 g/mol. The maximum absolute atomic E-state index is 6.62. The van der Waals surface area contributed by atoms with Crippen LogP contribution >= 0.6 is 0 Å². The predicted molar refractivity (Wildman–Crippen MR) is 183 cm³/mol. The maximum Gasteiger partial charge on any atom is 0.229 e. The van der Waals surface area contributed by atoms with Gasteiger partial charge < -0.3 is 4.42 Å². The van der Waals surface area contributed by atoms with Gasteiger partial charge in [-0.1, -0.05) is 126 Å². The summed E-state index contributed by atoms with van der Waals surface area (Å²) >= 11 is 0. The monoisotopic (exact) mass is 695 g/mol. The van der Waals surface area contributed by atoms with Crippen molar-refractivity contribution in [2.45, 2.75) is 5.54 Å². The molecule has 1 aliphatic carbocycles. The quantitative estimate of drug-likeness (QED) is 0.171. The fourth-order valence-corrected chi connectivity index (χ4v) is 10.1. The normalized spacial score (nSPS) is 13.5. The summed E-state index contributed by atoms with van der Waals surface area (Å²) in [6.45, 7) is 0. The average Bonchev–Trinajstić information content (AvgIpc) is 3.69. The van der Waals surface area contributed by atoms with E-state index in [0.717, 1.165) is 39.0 Å². The van der Waals surface area contributed by atoms with Gasteiger partial charge in [0.05, 0.1) is 22.5 Å². The molecule has 0 spiro atoms. The van der Waals surface area contributed by atoms with Crippen molar-refractivity contribution in [2.75, 3.05) is 0 Å². The summed E-state index contributed by atoms with van der Waals surface area (Å²) in [5, 5.41) is 3.79. The van der Waals surface area contributed by atoms with Crippen LogP contribution in [0.1, 0.15) is 16.7 Å². The van der Waals surface area contributed by atoms with Gasteiger partial charge in [-0.2, -0.15) is 0 Å². The van der Waals surface area contributed by atoms with Gasteiger partial charge >= 0.3 is 0 Å². The maximum atomic E-state index is 6.62. The van der Waals surface area contributed by atoms with E-state index in [0.29, 0.717) is 5.89 Å². The zero-order chi connectivity index (χ0) is 29.7. The van der Waals surface area contributed by atoms with Gasteiger partial charge in [0.25, 0.3) is 0 Å². The molecule has 2 radical (unpaired) electrons. The zero-order valence-corrected chi connectivity index (χ0v) is 27.2. The molecule has 1 atom stereocenters. The molecule has 1 aliphatic rings. The second kappa shape index (κ2) is 11.7. The van der Waals surface area contributed by atoms with Crippen LogP contribution in [-0.2, 0) is 19.5 Å². The van der Waals surface area contributed by atoms with Crippen LogP contribution in [-0.4, -0.2) is 23.7 Å². The molecule has 46 heavy (non-hydrogen) atoms. The van der Waals surface area contributed by atoms with E-state index in [2.05, 4.69) is 120 Å². The molecule has 3 aromatic heterocycles. The van der Waals surface area contributed by atoms with Crippen LogP contribution in [0.5, 0.6) is 0 Å². The Balaban J connectivity index is 0.00000312. The van der Waals surface area contributed by atoms with Gasteiger partial charge in [0.15, 0.2) is 5.58 Å². The number of fused-ring (bicyclic) bond motifs is 6. The average molecular weight is 696 g/mol. The predicted octanol–water partition coefficient (Wildman–Crippen LogP) is 8.06. The Hall–Kier alpha value is -5.03. The Bertz CT molecular complexity index is 2300. The smallest absolute Gasteiger partial charge is 0.229 e. The number of para-hydroxylation sites is 1. The summed E-state index contributed by atoms with van der Waals surface area (Å²) in [4.78, 5) is 14.9. The van der Waals surface area contributed by atoms with Crippen LogP contribution in [0, 0.1) is 0 Å². The summed E-state index contributed by atoms with van der Waals surface area (Å²) in [6.07, 6.45) is 1.80. The van der Waals surface area contributed by atoms with Crippen molar-refractivity contribution < 1.29 is 23.9 Å². The molecule has 6 heteroatoms. The second-order valence-corrected chi connectivity index (χ2v) is 13.9. The van der Waals surface area contributed by atoms with Crippen LogP contribution in [0.3, 0.4) is 0 Å². The van der Waals surface area contributed by atoms with Crippen molar-refractivity contribution in [3.8, 4) is 34.0 Å². The van der Waals surface area contributed by atoms with Gasteiger partial charge in [0.2, 0.25) is 5.89 Å². The molecule has 0 saturated heterocycles. The summed E-state index contributed by atoms with van der Waals surface area (Å²) in [5.41, 5.74) is 10.4. The van der Waals surface area contributed by atoms with Crippen molar-refractivity contribution >= 4 is 41.2 Å². The van der Waals surface area contributed by atoms with Gasteiger partial charge in [-0.25, -0.2) is 9.97 Å². The second-order valence-electron chi connectivity index (χ2n) is 11.3. The number of oxazole rings is 1. The van der Waals surface area contributed by atoms with Crippen LogP contribution in [0.25, 0.3) is 56.0 Å². The molecule has 0 aliphatic heterocycles. The van der Waals surface area contributed by atoms with E-state index in [1.54, 1.807) is 6.20 Å². The Kier molecular flexibility index (Phi) is 7.25. The number of hydrogen-bond acceptors (Lipinski definition) is 4. The number of benzene rings is 5. The third-order valence-corrected chi connectivity index (χ3v) is 11.9. The molecule has 220 valence electrons. The molecule has 8 aromatic rings. The van der Waals surface area contributed by atoms with E-state index in [1.165, 1.54) is 32.6 Å². The van der Waals surface area contributed by atoms with E-state index in [4.69, 9.17) is 14.4 Å². The Morgan fingerprint density at radius 1 is 0.522 bits per heavy atom. The minimum absolute atomic E-state index is 0. The number of nitrogens with zero attached hydrogens (tertiary/aromatic N) is 3. The molecule has 0 bridgehead atoms. The third-order valence-electron chi connectivity index (χ3n) is 8.79. The molecule has 1 unspecified atom stereocenters. The van der Waals surface area contributed by atoms with Gasteiger partial charge in [-0.15, -0.1) is 0 Å². The minimum atomic E-state index is -1.32. The summed E-state index contributed by atoms with van der Waals surface area (Å²) in [7, 11) is -1.32. The van der Waals surface area contributed by atoms with Gasteiger partial charge in [-0.05, 0) is 52.6 Å². The molecule has 9 rings (SSSR count). The topological polar surface area (TPSA) is 51.8 Å². The molecule has 5 aromatic carbocycles. The first kappa shape index (κ1) is 28.4. The van der Waals surface area contributed by atoms with Gasteiger partial charge in [0, 0.05) is 36.6 Å². The number of pyridine rings is 2. The first-order valence-corrected chi connectivity index (χ1v) is 16.7. The van der Waals surface area contributed by atoms with Crippen molar-refractivity contribution in [1.82, 2.24) is 15.0 Å². The first-order chi connectivity index (χ1) is 22.3. The summed E-state index contributed by atoms with van der Waals surface area (Å²) in [6, 6.07) is 51.3. The van der Waals surface area contributed by atoms with Crippen molar-refractivity contribution in [3.05, 3.63) is 163 Å². The standard InChI is InChI=1S/C40H26N3OSi.Rh/c1-3-13-27(14-4-1)45(28-15-5-2-6-16-28)39-31-18-8-7-17-29(31)30-22-24-35-38(36(30)39)43-40(44-35)32-19-11-12-26-21-23-34(42-37(26)32)33-20-9-10-25-41-33;/h1-25,39H;. The van der Waals surface area contributed by atoms with E-state index in [1.807, 2.05) is 30.3 Å². The molecular formula is C40H26N3ORhSi. The van der Waals surface area contributed by atoms with Crippen molar-refractivity contribution in [2.24, 2.45) is 0 Å². The van der Waals surface area contributed by atoms with Gasteiger partial charge in [-0.3, -0.25) is 4.98 Å². The Morgan fingerprint density at radius 2 is 1.24 bits per heavy atom. The molecule has 0 amide bonds. The van der Waals surface area contributed by atoms with E-state index < -0.39 is 8.80 Å². The number of aromatic nitrogens is 3. The zero-order valence-electron chi connectivity index (χ0n) is 24.6. The Morgan fingerprint density at radius 3 is 2.00 bits per heavy atom. The van der Waals surface area contributed by atoms with Crippen molar-refractivity contribution in [3.63, 3.8) is 0 Å². The first-order valence-electron chi connectivity index (χ1n) is 15.2. The molecule has 0 fully saturated rings. The van der Waals surface area contributed by atoms with Crippen LogP contribution < -0.4 is 10.4 Å². The molecule has 4 nitrogen and oxygen atoms in total. The fraction of sp³-hybridized carbons (Fsp3) is 0.0250. The van der Waals surface area contributed by atoms with Crippen molar-refractivity contribution in [1.29, 1.82) is 0 Å². The number of hydrogen-bond donors (Lipinski definition) is 0. The SMILES string of the molecule is [Rh].c1ccc([Si](c2ccccc2)C2c3ccccc3-c3ccc4oc(-c5cccc6ccc(-c7ccccn7)nc56)nc4c32)cc1. The van der Waals surface area contributed by atoms with E-state index in [-0.39, 0.29) is 25.0 Å². The van der Waals surface area contributed by atoms with Crippen LogP contribution in [0.2, 0.25) is 0 Å². The van der Waals surface area contributed by atoms with E-state index >= 15 is 0 Å². The third kappa shape index (κ3) is 4.65. The minimum Gasteiger partial charge on any atom is -0.436 e. The molecule has 3 heterocycles. The fourth-order valence-electron chi connectivity index (χ4n) is 6.82. The summed E-state index contributed by atoms with van der Waals surface area (Å²) in [5.74, 6) is 0.581. The van der Waals surface area contributed by atoms with E-state index in [9.17, 15) is 0 Å². The summed E-state index contributed by atoms with van der Waals surface area (Å²) < 4.78 is 6.62.